The first-order valence-electron chi connectivity index (χ1n) is 9.97. The van der Waals surface area contributed by atoms with E-state index in [4.69, 9.17) is 30.5 Å². The van der Waals surface area contributed by atoms with Crippen LogP contribution < -0.4 is 14.2 Å². The van der Waals surface area contributed by atoms with Crippen LogP contribution in [0.15, 0.2) is 54.3 Å². The molecule has 0 unspecified atom stereocenters. The molecule has 0 radical (unpaired) electrons. The summed E-state index contributed by atoms with van der Waals surface area (Å²) < 4.78 is 35.9. The number of hydrogen-bond donors (Lipinski definition) is 0. The number of aryl methyl sites for hydroxylation is 1. The Labute approximate surface area is 188 Å². The maximum atomic E-state index is 13.1. The first-order chi connectivity index (χ1) is 15.5. The first-order valence-corrected chi connectivity index (χ1v) is 10.3. The predicted molar refractivity (Wildman–Crippen MR) is 117 cm³/mol. The van der Waals surface area contributed by atoms with Crippen molar-refractivity contribution in [1.82, 2.24) is 0 Å². The van der Waals surface area contributed by atoms with Gasteiger partial charge in [0, 0.05) is 22.2 Å². The number of ketones is 1. The Hall–Kier alpha value is -3.35. The molecule has 0 amide bonds. The van der Waals surface area contributed by atoms with Crippen molar-refractivity contribution in [2.45, 2.75) is 20.1 Å². The molecular weight excluding hydrogens is 435 g/mol. The lowest BCUT2D eigenvalue weighted by molar-refractivity contribution is -0.0175. The molecular formula is C25H18ClFO5. The highest BCUT2D eigenvalue weighted by Gasteiger charge is 2.30. The number of fused-ring (bicyclic) bond motifs is 2. The summed E-state index contributed by atoms with van der Waals surface area (Å²) in [4.78, 5) is 12.8. The van der Waals surface area contributed by atoms with Crippen molar-refractivity contribution in [3.05, 3.63) is 92.9 Å². The average Bonchev–Trinajstić information content (AvgIpc) is 3.09. The normalized spacial score (nSPS) is 15.7. The van der Waals surface area contributed by atoms with E-state index in [0.29, 0.717) is 34.3 Å². The van der Waals surface area contributed by atoms with Gasteiger partial charge in [-0.05, 0) is 54.5 Å². The Kier molecular flexibility index (Phi) is 5.33. The summed E-state index contributed by atoms with van der Waals surface area (Å²) >= 11 is 6.22. The lowest BCUT2D eigenvalue weighted by atomic mass is 10.0. The second kappa shape index (κ2) is 8.30. The highest BCUT2D eigenvalue weighted by Crippen LogP contribution is 2.38. The molecule has 0 bridgehead atoms. The van der Waals surface area contributed by atoms with Crippen LogP contribution in [-0.4, -0.2) is 12.6 Å². The van der Waals surface area contributed by atoms with Gasteiger partial charge in [-0.15, -0.1) is 0 Å². The largest absolute Gasteiger partial charge is 0.489 e. The van der Waals surface area contributed by atoms with Gasteiger partial charge in [0.25, 0.3) is 0 Å². The van der Waals surface area contributed by atoms with Crippen molar-refractivity contribution in [3.8, 4) is 17.2 Å². The average molecular weight is 453 g/mol. The molecule has 0 saturated heterocycles. The fourth-order valence-corrected chi connectivity index (χ4v) is 4.06. The number of carbonyl (C=O) groups is 1. The van der Waals surface area contributed by atoms with E-state index in [-0.39, 0.29) is 30.8 Å². The molecule has 7 heteroatoms. The van der Waals surface area contributed by atoms with Crippen molar-refractivity contribution in [3.63, 3.8) is 0 Å². The van der Waals surface area contributed by atoms with Crippen LogP contribution in [-0.2, 0) is 18.0 Å². The third-order valence-corrected chi connectivity index (χ3v) is 5.48. The van der Waals surface area contributed by atoms with Crippen molar-refractivity contribution in [2.75, 3.05) is 6.79 Å². The molecule has 5 rings (SSSR count). The zero-order chi connectivity index (χ0) is 22.2. The monoisotopic (exact) mass is 452 g/mol. The smallest absolute Gasteiger partial charge is 0.232 e. The van der Waals surface area contributed by atoms with Crippen LogP contribution in [0.1, 0.15) is 32.6 Å². The third-order valence-electron chi connectivity index (χ3n) is 5.26. The number of Topliss-reactive ketones (excluding diaryl/α,β-unsaturated/α-hetero) is 1. The molecule has 0 aliphatic carbocycles. The number of benzene rings is 3. The van der Waals surface area contributed by atoms with Crippen LogP contribution in [0.5, 0.6) is 17.2 Å². The van der Waals surface area contributed by atoms with E-state index >= 15 is 0 Å². The van der Waals surface area contributed by atoms with Gasteiger partial charge < -0.3 is 18.9 Å². The Morgan fingerprint density at radius 1 is 1.16 bits per heavy atom. The van der Waals surface area contributed by atoms with Crippen LogP contribution in [0.3, 0.4) is 0 Å². The summed E-state index contributed by atoms with van der Waals surface area (Å²) in [6.45, 7) is 2.67. The highest BCUT2D eigenvalue weighted by molar-refractivity contribution is 6.30. The van der Waals surface area contributed by atoms with E-state index in [1.807, 2.05) is 13.0 Å². The molecule has 0 aromatic heterocycles. The second-order valence-electron chi connectivity index (χ2n) is 7.56. The van der Waals surface area contributed by atoms with E-state index in [9.17, 15) is 9.18 Å². The maximum Gasteiger partial charge on any atom is 0.232 e. The van der Waals surface area contributed by atoms with Crippen LogP contribution in [0.4, 0.5) is 4.39 Å². The van der Waals surface area contributed by atoms with Gasteiger partial charge in [-0.25, -0.2) is 4.39 Å². The van der Waals surface area contributed by atoms with Gasteiger partial charge in [0.2, 0.25) is 5.78 Å². The Bertz CT molecular complexity index is 1250. The number of rotatable bonds is 4. The molecule has 2 aliphatic heterocycles. The van der Waals surface area contributed by atoms with Crippen LogP contribution in [0.2, 0.25) is 5.02 Å². The molecule has 0 atom stereocenters. The second-order valence-corrected chi connectivity index (χ2v) is 7.99. The Balaban J connectivity index is 1.38. The molecule has 3 aromatic rings. The van der Waals surface area contributed by atoms with Gasteiger partial charge in [-0.1, -0.05) is 23.7 Å². The minimum Gasteiger partial charge on any atom is -0.489 e. The molecule has 0 spiro atoms. The topological polar surface area (TPSA) is 54.0 Å². The summed E-state index contributed by atoms with van der Waals surface area (Å²) in [6, 6.07) is 12.9. The van der Waals surface area contributed by atoms with Crippen molar-refractivity contribution in [2.24, 2.45) is 0 Å². The molecule has 32 heavy (non-hydrogen) atoms. The SMILES string of the molecule is Cc1cc(OCc2cc(Cl)cc3c2OCOC3)cc2c1C(=O)/C(=C/c1ccc(F)cc1)O2. The highest BCUT2D eigenvalue weighted by atomic mass is 35.5. The molecule has 0 fully saturated rings. The van der Waals surface area contributed by atoms with Gasteiger partial charge in [-0.3, -0.25) is 4.79 Å². The molecule has 0 saturated carbocycles. The van der Waals surface area contributed by atoms with E-state index in [2.05, 4.69) is 0 Å². The fraction of sp³-hybridized carbons (Fsp3) is 0.160. The molecule has 2 aliphatic rings. The zero-order valence-corrected chi connectivity index (χ0v) is 17.9. The fourth-order valence-electron chi connectivity index (χ4n) is 3.80. The minimum atomic E-state index is -0.342. The standard InChI is InChI=1S/C25H18ClFO5/c1-14-6-20(30-12-17-9-18(26)8-16-11-29-13-31-25(16)17)10-21-23(14)24(28)22(32-21)7-15-2-4-19(27)5-3-15/h2-10H,11-13H2,1H3/b22-7-. The van der Waals surface area contributed by atoms with Crippen LogP contribution in [0.25, 0.3) is 6.08 Å². The van der Waals surface area contributed by atoms with Gasteiger partial charge in [0.1, 0.15) is 29.7 Å². The van der Waals surface area contributed by atoms with Gasteiger partial charge >= 0.3 is 0 Å². The number of hydrogen-bond acceptors (Lipinski definition) is 5. The van der Waals surface area contributed by atoms with Gasteiger partial charge in [0.15, 0.2) is 12.6 Å². The molecule has 2 heterocycles. The molecule has 5 nitrogen and oxygen atoms in total. The molecule has 3 aromatic carbocycles. The summed E-state index contributed by atoms with van der Waals surface area (Å²) in [7, 11) is 0. The van der Waals surface area contributed by atoms with Crippen molar-refractivity contribution < 1.29 is 28.1 Å². The zero-order valence-electron chi connectivity index (χ0n) is 17.1. The van der Waals surface area contributed by atoms with Crippen LogP contribution in [0, 0.1) is 12.7 Å². The van der Waals surface area contributed by atoms with E-state index in [1.54, 1.807) is 36.4 Å². The molecule has 0 N–H and O–H groups in total. The van der Waals surface area contributed by atoms with E-state index < -0.39 is 0 Å². The Morgan fingerprint density at radius 2 is 1.97 bits per heavy atom. The summed E-state index contributed by atoms with van der Waals surface area (Å²) in [5, 5.41) is 0.575. The molecule has 162 valence electrons. The van der Waals surface area contributed by atoms with Gasteiger partial charge in [0.05, 0.1) is 12.2 Å². The van der Waals surface area contributed by atoms with Crippen LogP contribution >= 0.6 is 11.6 Å². The summed E-state index contributed by atoms with van der Waals surface area (Å²) in [6.07, 6.45) is 1.60. The number of carbonyl (C=O) groups excluding carboxylic acids is 1. The third kappa shape index (κ3) is 3.95. The van der Waals surface area contributed by atoms with Crippen molar-refractivity contribution in [1.29, 1.82) is 0 Å². The minimum absolute atomic E-state index is 0.179. The summed E-state index contributed by atoms with van der Waals surface area (Å²) in [5.74, 6) is 1.32. The first kappa shape index (κ1) is 20.5. The maximum absolute atomic E-state index is 13.1. The van der Waals surface area contributed by atoms with E-state index in [0.717, 1.165) is 22.4 Å². The lowest BCUT2D eigenvalue weighted by Gasteiger charge is -2.21. The van der Waals surface area contributed by atoms with E-state index in [1.165, 1.54) is 12.1 Å². The van der Waals surface area contributed by atoms with Crippen molar-refractivity contribution >= 4 is 23.5 Å². The van der Waals surface area contributed by atoms with Gasteiger partial charge in [-0.2, -0.15) is 0 Å². The quantitative estimate of drug-likeness (QED) is 0.465. The number of allylic oxidation sites excluding steroid dienone is 1. The summed E-state index contributed by atoms with van der Waals surface area (Å²) in [5.41, 5.74) is 3.58. The number of halogens is 2. The lowest BCUT2D eigenvalue weighted by Crippen LogP contribution is -2.14. The Morgan fingerprint density at radius 3 is 2.78 bits per heavy atom. The predicted octanol–water partition coefficient (Wildman–Crippen LogP) is 5.85. The number of ether oxygens (including phenoxy) is 4.